The quantitative estimate of drug-likeness (QED) is 0.634. The van der Waals surface area contributed by atoms with Crippen LogP contribution in [0.4, 0.5) is 4.79 Å². The van der Waals surface area contributed by atoms with E-state index in [1.165, 1.54) is 11.8 Å². The molecule has 0 aliphatic rings. The number of nitrogens with zero attached hydrogens (tertiary/aromatic N) is 4. The van der Waals surface area contributed by atoms with Crippen molar-refractivity contribution in [3.05, 3.63) is 54.9 Å². The van der Waals surface area contributed by atoms with Crippen LogP contribution in [0.3, 0.4) is 0 Å². The number of amides is 3. The van der Waals surface area contributed by atoms with Crippen molar-refractivity contribution in [2.75, 3.05) is 12.3 Å². The number of urea groups is 1. The first kappa shape index (κ1) is 18.6. The number of imide groups is 1. The van der Waals surface area contributed by atoms with Crippen molar-refractivity contribution < 1.29 is 9.59 Å². The average Bonchev–Trinajstić information content (AvgIpc) is 3.12. The Kier molecular flexibility index (Phi) is 6.16. The minimum Gasteiger partial charge on any atom is -0.338 e. The minimum absolute atomic E-state index is 0.0401. The van der Waals surface area contributed by atoms with Gasteiger partial charge in [0.1, 0.15) is 0 Å². The van der Waals surface area contributed by atoms with Crippen LogP contribution in [0.2, 0.25) is 0 Å². The molecule has 0 unspecified atom stereocenters. The van der Waals surface area contributed by atoms with E-state index in [4.69, 9.17) is 0 Å². The Morgan fingerprint density at radius 2 is 1.81 bits per heavy atom. The molecule has 3 amide bonds. The van der Waals surface area contributed by atoms with Gasteiger partial charge < -0.3 is 5.32 Å². The highest BCUT2D eigenvalue weighted by atomic mass is 32.2. The summed E-state index contributed by atoms with van der Waals surface area (Å²) in [6, 6.07) is 12.8. The molecule has 138 valence electrons. The van der Waals surface area contributed by atoms with Gasteiger partial charge in [0.25, 0.3) is 0 Å². The molecule has 3 aromatic rings. The predicted octanol–water partition coefficient (Wildman–Crippen LogP) is 2.27. The SMILES string of the molecule is CCNC(=O)NC(=O)CSc1nnc(-c2ccncc2)n1-c1ccccc1. The van der Waals surface area contributed by atoms with Crippen LogP contribution in [0.15, 0.2) is 60.0 Å². The van der Waals surface area contributed by atoms with Crippen molar-refractivity contribution in [3.63, 3.8) is 0 Å². The van der Waals surface area contributed by atoms with Crippen molar-refractivity contribution >= 4 is 23.7 Å². The third-order valence-electron chi connectivity index (χ3n) is 3.51. The van der Waals surface area contributed by atoms with Crippen LogP contribution < -0.4 is 10.6 Å². The van der Waals surface area contributed by atoms with Gasteiger partial charge >= 0.3 is 6.03 Å². The number of benzene rings is 1. The zero-order valence-electron chi connectivity index (χ0n) is 14.6. The molecule has 8 nitrogen and oxygen atoms in total. The fraction of sp³-hybridized carbons (Fsp3) is 0.167. The van der Waals surface area contributed by atoms with E-state index < -0.39 is 11.9 Å². The van der Waals surface area contributed by atoms with Gasteiger partial charge in [-0.2, -0.15) is 0 Å². The first-order valence-corrected chi connectivity index (χ1v) is 9.29. The summed E-state index contributed by atoms with van der Waals surface area (Å²) < 4.78 is 1.87. The molecule has 2 heterocycles. The Bertz CT molecular complexity index is 914. The molecular weight excluding hydrogens is 364 g/mol. The lowest BCUT2D eigenvalue weighted by atomic mass is 10.2. The Hall–Kier alpha value is -3.20. The second kappa shape index (κ2) is 8.95. The summed E-state index contributed by atoms with van der Waals surface area (Å²) in [5.74, 6) is 0.285. The van der Waals surface area contributed by atoms with Crippen LogP contribution in [0.1, 0.15) is 6.92 Å². The van der Waals surface area contributed by atoms with E-state index >= 15 is 0 Å². The monoisotopic (exact) mass is 382 g/mol. The number of nitrogens with one attached hydrogen (secondary N) is 2. The fourth-order valence-electron chi connectivity index (χ4n) is 2.36. The Morgan fingerprint density at radius 3 is 2.52 bits per heavy atom. The number of hydrogen-bond donors (Lipinski definition) is 2. The summed E-state index contributed by atoms with van der Waals surface area (Å²) in [4.78, 5) is 27.4. The maximum absolute atomic E-state index is 12.0. The molecule has 2 N–H and O–H groups in total. The molecule has 9 heteroatoms. The molecule has 0 aliphatic heterocycles. The number of carbonyl (C=O) groups is 2. The molecule has 27 heavy (non-hydrogen) atoms. The number of carbonyl (C=O) groups excluding carboxylic acids is 2. The van der Waals surface area contributed by atoms with Crippen LogP contribution in [0, 0.1) is 0 Å². The second-order valence-electron chi connectivity index (χ2n) is 5.41. The lowest BCUT2D eigenvalue weighted by Gasteiger charge is -2.10. The summed E-state index contributed by atoms with van der Waals surface area (Å²) in [6.45, 7) is 2.23. The lowest BCUT2D eigenvalue weighted by molar-refractivity contribution is -0.117. The summed E-state index contributed by atoms with van der Waals surface area (Å²) >= 11 is 1.21. The molecule has 0 bridgehead atoms. The standard InChI is InChI=1S/C18H18N6O2S/c1-2-20-17(26)21-15(25)12-27-18-23-22-16(13-8-10-19-11-9-13)24(18)14-6-4-3-5-7-14/h3-11H,2,12H2,1H3,(H2,20,21,25,26). The zero-order chi connectivity index (χ0) is 19.1. The maximum Gasteiger partial charge on any atom is 0.321 e. The highest BCUT2D eigenvalue weighted by Gasteiger charge is 2.17. The van der Waals surface area contributed by atoms with Crippen LogP contribution in [-0.4, -0.2) is 44.0 Å². The Labute approximate surface area is 160 Å². The van der Waals surface area contributed by atoms with Gasteiger partial charge in [0.05, 0.1) is 5.75 Å². The molecule has 2 aromatic heterocycles. The van der Waals surface area contributed by atoms with Crippen molar-refractivity contribution in [2.45, 2.75) is 12.1 Å². The first-order chi connectivity index (χ1) is 13.2. The fourth-order valence-corrected chi connectivity index (χ4v) is 3.11. The predicted molar refractivity (Wildman–Crippen MR) is 103 cm³/mol. The molecule has 3 rings (SSSR count). The van der Waals surface area contributed by atoms with Gasteiger partial charge in [-0.05, 0) is 31.2 Å². The third-order valence-corrected chi connectivity index (χ3v) is 4.44. The maximum atomic E-state index is 12.0. The number of rotatable bonds is 6. The normalized spacial score (nSPS) is 10.4. The van der Waals surface area contributed by atoms with Crippen molar-refractivity contribution in [1.82, 2.24) is 30.4 Å². The molecule has 0 aliphatic carbocycles. The summed E-state index contributed by atoms with van der Waals surface area (Å²) in [5, 5.41) is 13.9. The number of thioether (sulfide) groups is 1. The number of pyridine rings is 1. The van der Waals surface area contributed by atoms with E-state index in [0.29, 0.717) is 17.5 Å². The van der Waals surface area contributed by atoms with Crippen LogP contribution in [0.5, 0.6) is 0 Å². The molecule has 0 saturated carbocycles. The van der Waals surface area contributed by atoms with Gasteiger partial charge in [-0.1, -0.05) is 30.0 Å². The van der Waals surface area contributed by atoms with Crippen LogP contribution in [0.25, 0.3) is 17.1 Å². The highest BCUT2D eigenvalue weighted by molar-refractivity contribution is 7.99. The minimum atomic E-state index is -0.509. The molecule has 0 atom stereocenters. The van der Waals surface area contributed by atoms with E-state index in [1.807, 2.05) is 47.0 Å². The molecule has 1 aromatic carbocycles. The third kappa shape index (κ3) is 4.70. The van der Waals surface area contributed by atoms with E-state index in [1.54, 1.807) is 19.3 Å². The second-order valence-corrected chi connectivity index (χ2v) is 6.35. The van der Waals surface area contributed by atoms with E-state index in [9.17, 15) is 9.59 Å². The summed E-state index contributed by atoms with van der Waals surface area (Å²) in [5.41, 5.74) is 1.74. The number of aromatic nitrogens is 4. The Balaban J connectivity index is 1.84. The van der Waals surface area contributed by atoms with E-state index in [2.05, 4.69) is 25.8 Å². The largest absolute Gasteiger partial charge is 0.338 e. The molecule has 0 radical (unpaired) electrons. The van der Waals surface area contributed by atoms with Gasteiger partial charge in [-0.15, -0.1) is 10.2 Å². The van der Waals surface area contributed by atoms with Gasteiger partial charge in [-0.3, -0.25) is 19.7 Å². The molecule has 0 spiro atoms. The smallest absolute Gasteiger partial charge is 0.321 e. The first-order valence-electron chi connectivity index (χ1n) is 8.30. The topological polar surface area (TPSA) is 102 Å². The summed E-state index contributed by atoms with van der Waals surface area (Å²) in [6.07, 6.45) is 3.37. The highest BCUT2D eigenvalue weighted by Crippen LogP contribution is 2.27. The summed E-state index contributed by atoms with van der Waals surface area (Å²) in [7, 11) is 0. The van der Waals surface area contributed by atoms with Gasteiger partial charge in [0.2, 0.25) is 5.91 Å². The van der Waals surface area contributed by atoms with Crippen molar-refractivity contribution in [1.29, 1.82) is 0 Å². The van der Waals surface area contributed by atoms with Crippen LogP contribution in [-0.2, 0) is 4.79 Å². The molecule has 0 fully saturated rings. The van der Waals surface area contributed by atoms with Gasteiger partial charge in [-0.25, -0.2) is 4.79 Å². The number of hydrogen-bond acceptors (Lipinski definition) is 6. The lowest BCUT2D eigenvalue weighted by Crippen LogP contribution is -2.40. The van der Waals surface area contributed by atoms with Crippen molar-refractivity contribution in [2.24, 2.45) is 0 Å². The van der Waals surface area contributed by atoms with Crippen LogP contribution >= 0.6 is 11.8 Å². The molecule has 0 saturated heterocycles. The van der Waals surface area contributed by atoms with Gasteiger partial charge in [0.15, 0.2) is 11.0 Å². The number of para-hydroxylation sites is 1. The molecular formula is C18H18N6O2S. The Morgan fingerprint density at radius 1 is 1.07 bits per heavy atom. The average molecular weight is 382 g/mol. The van der Waals surface area contributed by atoms with Crippen molar-refractivity contribution in [3.8, 4) is 17.1 Å². The van der Waals surface area contributed by atoms with E-state index in [0.717, 1.165) is 11.3 Å². The zero-order valence-corrected chi connectivity index (χ0v) is 15.4. The van der Waals surface area contributed by atoms with Gasteiger partial charge in [0, 0.05) is 30.2 Å². The van der Waals surface area contributed by atoms with E-state index in [-0.39, 0.29) is 5.75 Å².